The quantitative estimate of drug-likeness (QED) is 0.362. The molecule has 0 aliphatic heterocycles. The zero-order chi connectivity index (χ0) is 18.4. The number of hydrogen-bond donors (Lipinski definition) is 0. The van der Waals surface area contributed by atoms with Gasteiger partial charge in [0.1, 0.15) is 11.5 Å². The highest BCUT2D eigenvalue weighted by molar-refractivity contribution is 9.10. The highest BCUT2D eigenvalue weighted by Crippen LogP contribution is 2.27. The molecule has 3 aromatic carbocycles. The van der Waals surface area contributed by atoms with Gasteiger partial charge in [-0.3, -0.25) is 0 Å². The molecule has 0 radical (unpaired) electrons. The molecule has 0 aliphatic carbocycles. The Bertz CT molecular complexity index is 874. The maximum absolute atomic E-state index is 12.4. The van der Waals surface area contributed by atoms with Crippen molar-refractivity contribution in [1.29, 1.82) is 0 Å². The Morgan fingerprint density at radius 2 is 1.62 bits per heavy atom. The molecule has 0 amide bonds. The van der Waals surface area contributed by atoms with E-state index in [1.165, 1.54) is 0 Å². The highest BCUT2D eigenvalue weighted by atomic mass is 79.9. The maximum Gasteiger partial charge on any atom is 0.343 e. The minimum atomic E-state index is -0.403. The van der Waals surface area contributed by atoms with Gasteiger partial charge < -0.3 is 9.47 Å². The fourth-order valence-electron chi connectivity index (χ4n) is 2.47. The molecule has 0 heterocycles. The summed E-state index contributed by atoms with van der Waals surface area (Å²) in [6.07, 6.45) is 0.926. The molecular formula is C22H19BrO3. The van der Waals surface area contributed by atoms with Crippen LogP contribution in [0.5, 0.6) is 11.5 Å². The van der Waals surface area contributed by atoms with Gasteiger partial charge in [-0.25, -0.2) is 4.79 Å². The van der Waals surface area contributed by atoms with E-state index in [2.05, 4.69) is 15.9 Å². The van der Waals surface area contributed by atoms with E-state index >= 15 is 0 Å². The molecule has 0 bridgehead atoms. The number of benzene rings is 3. The second-order valence-corrected chi connectivity index (χ2v) is 6.63. The van der Waals surface area contributed by atoms with E-state index in [9.17, 15) is 4.79 Å². The molecule has 3 rings (SSSR count). The van der Waals surface area contributed by atoms with Gasteiger partial charge in [-0.05, 0) is 63.8 Å². The summed E-state index contributed by atoms with van der Waals surface area (Å²) >= 11 is 3.43. The van der Waals surface area contributed by atoms with Gasteiger partial charge in [0.05, 0.1) is 16.6 Å². The van der Waals surface area contributed by atoms with Crippen LogP contribution >= 0.6 is 15.9 Å². The van der Waals surface area contributed by atoms with Crippen molar-refractivity contribution < 1.29 is 14.3 Å². The maximum atomic E-state index is 12.4. The van der Waals surface area contributed by atoms with Crippen LogP contribution in [0.3, 0.4) is 0 Å². The van der Waals surface area contributed by atoms with Crippen LogP contribution in [0, 0.1) is 0 Å². The van der Waals surface area contributed by atoms with Gasteiger partial charge in [0, 0.05) is 0 Å². The third-order valence-electron chi connectivity index (χ3n) is 3.80. The molecule has 0 fully saturated rings. The van der Waals surface area contributed by atoms with Gasteiger partial charge in [-0.15, -0.1) is 0 Å². The summed E-state index contributed by atoms with van der Waals surface area (Å²) in [5.74, 6) is 0.827. The van der Waals surface area contributed by atoms with Crippen molar-refractivity contribution in [2.45, 2.75) is 13.3 Å². The van der Waals surface area contributed by atoms with E-state index in [1.807, 2.05) is 49.4 Å². The Balaban J connectivity index is 1.69. The Kier molecular flexibility index (Phi) is 6.08. The Morgan fingerprint density at radius 1 is 0.923 bits per heavy atom. The van der Waals surface area contributed by atoms with Gasteiger partial charge in [-0.1, -0.05) is 49.4 Å². The molecule has 0 saturated heterocycles. The van der Waals surface area contributed by atoms with Crippen LogP contribution < -0.4 is 9.47 Å². The second-order valence-electron chi connectivity index (χ2n) is 5.77. The third kappa shape index (κ3) is 4.52. The van der Waals surface area contributed by atoms with Crippen molar-refractivity contribution in [1.82, 2.24) is 0 Å². The number of halogens is 1. The van der Waals surface area contributed by atoms with E-state index in [-0.39, 0.29) is 0 Å². The topological polar surface area (TPSA) is 35.5 Å². The van der Waals surface area contributed by atoms with Crippen molar-refractivity contribution in [3.05, 3.63) is 82.8 Å². The van der Waals surface area contributed by atoms with Gasteiger partial charge in [0.15, 0.2) is 0 Å². The fraction of sp³-hybridized carbons (Fsp3) is 0.136. The molecule has 4 heteroatoms. The monoisotopic (exact) mass is 410 g/mol. The molecule has 3 nitrogen and oxygen atoms in total. The number of rotatable bonds is 6. The minimum Gasteiger partial charge on any atom is -0.492 e. The average Bonchev–Trinajstić information content (AvgIpc) is 2.68. The van der Waals surface area contributed by atoms with Crippen LogP contribution in [-0.2, 0) is 0 Å². The number of ether oxygens (including phenoxy) is 2. The predicted molar refractivity (Wildman–Crippen MR) is 107 cm³/mol. The minimum absolute atomic E-state index is 0.403. The Morgan fingerprint density at radius 3 is 2.27 bits per heavy atom. The van der Waals surface area contributed by atoms with E-state index in [1.54, 1.807) is 30.3 Å². The first-order valence-electron chi connectivity index (χ1n) is 8.47. The lowest BCUT2D eigenvalue weighted by Gasteiger charge is -2.09. The smallest absolute Gasteiger partial charge is 0.343 e. The molecule has 26 heavy (non-hydrogen) atoms. The number of esters is 1. The molecule has 0 atom stereocenters. The molecule has 0 saturated carbocycles. The normalized spacial score (nSPS) is 10.4. The van der Waals surface area contributed by atoms with Crippen LogP contribution in [0.4, 0.5) is 0 Å². The van der Waals surface area contributed by atoms with Crippen LogP contribution in [0.1, 0.15) is 23.7 Å². The predicted octanol–water partition coefficient (Wildman–Crippen LogP) is 6.12. The van der Waals surface area contributed by atoms with Gasteiger partial charge in [-0.2, -0.15) is 0 Å². The molecule has 0 unspecified atom stereocenters. The molecule has 0 aromatic heterocycles. The summed E-state index contributed by atoms with van der Waals surface area (Å²) in [5, 5.41) is 0. The lowest BCUT2D eigenvalue weighted by Crippen LogP contribution is -2.08. The average molecular weight is 411 g/mol. The lowest BCUT2D eigenvalue weighted by molar-refractivity contribution is 0.0734. The molecule has 3 aromatic rings. The summed E-state index contributed by atoms with van der Waals surface area (Å²) in [7, 11) is 0. The van der Waals surface area contributed by atoms with Gasteiger partial charge >= 0.3 is 5.97 Å². The van der Waals surface area contributed by atoms with E-state index < -0.39 is 5.97 Å². The standard InChI is InChI=1S/C22H19BrO3/c1-2-14-25-21-13-10-18(15-20(21)23)22(24)26-19-11-8-17(9-12-19)16-6-4-3-5-7-16/h3-13,15H,2,14H2,1H3. The van der Waals surface area contributed by atoms with Gasteiger partial charge in [0.2, 0.25) is 0 Å². The summed E-state index contributed by atoms with van der Waals surface area (Å²) in [4.78, 5) is 12.4. The Hall–Kier alpha value is -2.59. The summed E-state index contributed by atoms with van der Waals surface area (Å²) < 4.78 is 11.8. The second kappa shape index (κ2) is 8.68. The highest BCUT2D eigenvalue weighted by Gasteiger charge is 2.12. The molecule has 0 N–H and O–H groups in total. The van der Waals surface area contributed by atoms with Crippen LogP contribution in [0.2, 0.25) is 0 Å². The van der Waals surface area contributed by atoms with Crippen molar-refractivity contribution in [3.8, 4) is 22.6 Å². The van der Waals surface area contributed by atoms with Crippen molar-refractivity contribution in [2.75, 3.05) is 6.61 Å². The van der Waals surface area contributed by atoms with Crippen molar-refractivity contribution >= 4 is 21.9 Å². The summed E-state index contributed by atoms with van der Waals surface area (Å²) in [5.41, 5.74) is 2.66. The number of carbonyl (C=O) groups is 1. The lowest BCUT2D eigenvalue weighted by atomic mass is 10.1. The Labute approximate surface area is 161 Å². The van der Waals surface area contributed by atoms with E-state index in [0.29, 0.717) is 17.9 Å². The zero-order valence-electron chi connectivity index (χ0n) is 14.4. The molecule has 0 spiro atoms. The van der Waals surface area contributed by atoms with E-state index in [0.717, 1.165) is 27.8 Å². The number of carbonyl (C=O) groups excluding carboxylic acids is 1. The first kappa shape index (κ1) is 18.2. The third-order valence-corrected chi connectivity index (χ3v) is 4.42. The largest absolute Gasteiger partial charge is 0.492 e. The van der Waals surface area contributed by atoms with Crippen molar-refractivity contribution in [3.63, 3.8) is 0 Å². The number of hydrogen-bond acceptors (Lipinski definition) is 3. The van der Waals surface area contributed by atoms with Crippen LogP contribution in [-0.4, -0.2) is 12.6 Å². The molecule has 0 aliphatic rings. The molecule has 132 valence electrons. The van der Waals surface area contributed by atoms with Crippen molar-refractivity contribution in [2.24, 2.45) is 0 Å². The zero-order valence-corrected chi connectivity index (χ0v) is 16.0. The summed E-state index contributed by atoms with van der Waals surface area (Å²) in [6, 6.07) is 22.7. The first-order valence-corrected chi connectivity index (χ1v) is 9.26. The summed E-state index contributed by atoms with van der Waals surface area (Å²) in [6.45, 7) is 2.68. The molecular weight excluding hydrogens is 392 g/mol. The fourth-order valence-corrected chi connectivity index (χ4v) is 2.96. The van der Waals surface area contributed by atoms with Crippen LogP contribution in [0.15, 0.2) is 77.3 Å². The van der Waals surface area contributed by atoms with Gasteiger partial charge in [0.25, 0.3) is 0 Å². The first-order chi connectivity index (χ1) is 12.7. The SMILES string of the molecule is CCCOc1ccc(C(=O)Oc2ccc(-c3ccccc3)cc2)cc1Br. The van der Waals surface area contributed by atoms with Crippen LogP contribution in [0.25, 0.3) is 11.1 Å². The van der Waals surface area contributed by atoms with E-state index in [4.69, 9.17) is 9.47 Å².